The molecule has 0 unspecified atom stereocenters. The number of amides is 5. The van der Waals surface area contributed by atoms with Crippen LogP contribution in [0.2, 0.25) is 0 Å². The van der Waals surface area contributed by atoms with Crippen molar-refractivity contribution >= 4 is 29.9 Å². The second-order valence-electron chi connectivity index (χ2n) is 14.9. The van der Waals surface area contributed by atoms with Gasteiger partial charge >= 0.3 is 12.2 Å². The van der Waals surface area contributed by atoms with Gasteiger partial charge in [0.1, 0.15) is 23.7 Å². The fraction of sp³-hybridized carbons (Fsp3) is 0.439. The van der Waals surface area contributed by atoms with Gasteiger partial charge in [0.2, 0.25) is 17.7 Å². The van der Waals surface area contributed by atoms with Crippen molar-refractivity contribution in [3.05, 3.63) is 72.6 Å². The summed E-state index contributed by atoms with van der Waals surface area (Å²) in [6.45, 7) is 4.84. The van der Waals surface area contributed by atoms with E-state index in [0.29, 0.717) is 31.2 Å². The van der Waals surface area contributed by atoms with Crippen LogP contribution in [0.4, 0.5) is 9.59 Å². The van der Waals surface area contributed by atoms with Crippen LogP contribution in [-0.2, 0) is 23.9 Å². The molecule has 2 aliphatic rings. The summed E-state index contributed by atoms with van der Waals surface area (Å²) >= 11 is 0. The van der Waals surface area contributed by atoms with Gasteiger partial charge in [-0.3, -0.25) is 14.4 Å². The van der Waals surface area contributed by atoms with Crippen molar-refractivity contribution in [3.8, 4) is 33.6 Å². The van der Waals surface area contributed by atoms with Crippen LogP contribution in [0, 0.1) is 5.92 Å². The second-order valence-corrected chi connectivity index (χ2v) is 14.9. The molecule has 0 aliphatic carbocycles. The molecule has 2 saturated heterocycles. The lowest BCUT2D eigenvalue weighted by atomic mass is 10.0. The van der Waals surface area contributed by atoms with Gasteiger partial charge in [-0.1, -0.05) is 62.4 Å². The molecule has 57 heavy (non-hydrogen) atoms. The predicted molar refractivity (Wildman–Crippen MR) is 211 cm³/mol. The molecule has 2 aromatic carbocycles. The summed E-state index contributed by atoms with van der Waals surface area (Å²) < 4.78 is 9.47. The van der Waals surface area contributed by atoms with E-state index in [1.54, 1.807) is 36.3 Å². The normalized spacial score (nSPS) is 17.6. The third-order valence-corrected chi connectivity index (χ3v) is 10.7. The summed E-state index contributed by atoms with van der Waals surface area (Å²) in [6, 6.07) is 14.0. The van der Waals surface area contributed by atoms with Crippen molar-refractivity contribution in [1.29, 1.82) is 0 Å². The molecule has 6 rings (SSSR count). The van der Waals surface area contributed by atoms with Crippen molar-refractivity contribution in [2.24, 2.45) is 5.92 Å². The maximum absolute atomic E-state index is 13.7. The zero-order chi connectivity index (χ0) is 40.8. The van der Waals surface area contributed by atoms with Gasteiger partial charge < -0.3 is 44.8 Å². The number of imidazole rings is 2. The van der Waals surface area contributed by atoms with Crippen LogP contribution in [-0.4, -0.2) is 118 Å². The lowest BCUT2D eigenvalue weighted by Gasteiger charge is -2.30. The summed E-state index contributed by atoms with van der Waals surface area (Å²) in [4.78, 5) is 84.6. The largest absolute Gasteiger partial charge is 0.453 e. The predicted octanol–water partition coefficient (Wildman–Crippen LogP) is 5.04. The highest BCUT2D eigenvalue weighted by molar-refractivity contribution is 5.91. The molecule has 4 heterocycles. The molecular weight excluding hydrogens is 731 g/mol. The smallest absolute Gasteiger partial charge is 0.407 e. The van der Waals surface area contributed by atoms with Gasteiger partial charge in [-0.05, 0) is 53.9 Å². The topological polar surface area (TPSA) is 195 Å². The second kappa shape index (κ2) is 17.7. The number of hydrogen-bond donors (Lipinski definition) is 4. The standard InChI is InChI=1S/C41H51N9O7/c1-24(2)35(47-41(55)57-6)39(53)50-20-8-10-33(50)37-43-23-31(45-37)28-17-13-26(14-18-28)25-11-15-27(16-12-25)30-22-42-36(44-30)32-9-7-19-49(32)38(52)29(46-40(54)56-5)21-34(51)48(3)4/h11-18,22-24,29,32-33,35H,7-10,19-21H2,1-6H3,(H,42,44)(H,43,45)(H,46,54)(H,47,55)/t29-,32-,33-,35-/m0/s1. The zero-order valence-corrected chi connectivity index (χ0v) is 33.2. The number of rotatable bonds is 12. The molecule has 302 valence electrons. The highest BCUT2D eigenvalue weighted by Gasteiger charge is 2.39. The molecule has 0 radical (unpaired) electrons. The van der Waals surface area contributed by atoms with Crippen LogP contribution >= 0.6 is 0 Å². The number of benzene rings is 2. The number of H-pyrrole nitrogens is 2. The molecule has 4 atom stereocenters. The Morgan fingerprint density at radius 1 is 0.719 bits per heavy atom. The van der Waals surface area contributed by atoms with Crippen molar-refractivity contribution in [3.63, 3.8) is 0 Å². The highest BCUT2D eigenvalue weighted by Crippen LogP contribution is 2.35. The fourth-order valence-corrected chi connectivity index (χ4v) is 7.46. The first kappa shape index (κ1) is 40.5. The number of carbonyl (C=O) groups excluding carboxylic acids is 5. The average Bonchev–Trinajstić information content (AvgIpc) is 4.06. The molecule has 16 heteroatoms. The average molecular weight is 782 g/mol. The van der Waals surface area contributed by atoms with E-state index in [-0.39, 0.29) is 42.1 Å². The maximum atomic E-state index is 13.7. The summed E-state index contributed by atoms with van der Waals surface area (Å²) in [6.07, 6.45) is 4.99. The van der Waals surface area contributed by atoms with E-state index in [1.807, 2.05) is 50.2 Å². The number of alkyl carbamates (subject to hydrolysis) is 2. The Morgan fingerprint density at radius 2 is 1.16 bits per heavy atom. The number of hydrogen-bond acceptors (Lipinski definition) is 9. The Balaban J connectivity index is 1.11. The summed E-state index contributed by atoms with van der Waals surface area (Å²) in [5, 5.41) is 5.22. The molecule has 16 nitrogen and oxygen atoms in total. The van der Waals surface area contributed by atoms with Crippen molar-refractivity contribution < 1.29 is 33.4 Å². The quantitative estimate of drug-likeness (QED) is 0.152. The molecule has 0 bridgehead atoms. The van der Waals surface area contributed by atoms with E-state index in [4.69, 9.17) is 9.47 Å². The lowest BCUT2D eigenvalue weighted by molar-refractivity contribution is -0.138. The van der Waals surface area contributed by atoms with Crippen LogP contribution in [0.3, 0.4) is 0 Å². The molecule has 4 aromatic rings. The number of aromatic nitrogens is 4. The molecular formula is C41H51N9O7. The number of nitrogens with one attached hydrogen (secondary N) is 4. The van der Waals surface area contributed by atoms with Gasteiger partial charge in [-0.15, -0.1) is 0 Å². The van der Waals surface area contributed by atoms with E-state index in [2.05, 4.69) is 42.7 Å². The first-order valence-corrected chi connectivity index (χ1v) is 19.2. The Morgan fingerprint density at radius 3 is 1.60 bits per heavy atom. The number of carbonyl (C=O) groups is 5. The van der Waals surface area contributed by atoms with E-state index in [9.17, 15) is 24.0 Å². The molecule has 2 aliphatic heterocycles. The summed E-state index contributed by atoms with van der Waals surface area (Å²) in [5.74, 6) is 0.428. The van der Waals surface area contributed by atoms with Crippen molar-refractivity contribution in [2.45, 2.75) is 70.1 Å². The molecule has 0 saturated carbocycles. The maximum Gasteiger partial charge on any atom is 0.407 e. The Labute approximate surface area is 331 Å². The highest BCUT2D eigenvalue weighted by atomic mass is 16.5. The van der Waals surface area contributed by atoms with E-state index >= 15 is 0 Å². The van der Waals surface area contributed by atoms with Gasteiger partial charge in [0.15, 0.2) is 0 Å². The van der Waals surface area contributed by atoms with Crippen molar-refractivity contribution in [2.75, 3.05) is 41.4 Å². The first-order chi connectivity index (χ1) is 27.4. The van der Waals surface area contributed by atoms with E-state index in [0.717, 1.165) is 52.9 Å². The zero-order valence-electron chi connectivity index (χ0n) is 33.2. The fourth-order valence-electron chi connectivity index (χ4n) is 7.46. The monoisotopic (exact) mass is 781 g/mol. The van der Waals surface area contributed by atoms with E-state index in [1.165, 1.54) is 19.1 Å². The van der Waals surface area contributed by atoms with Crippen LogP contribution < -0.4 is 10.6 Å². The van der Waals surface area contributed by atoms with E-state index < -0.39 is 24.3 Å². The van der Waals surface area contributed by atoms with Crippen molar-refractivity contribution in [1.82, 2.24) is 45.3 Å². The SMILES string of the molecule is COC(=O)N[C@@H](CC(=O)N(C)C)C(=O)N1CCC[C@H]1c1ncc(-c2ccc(-c3ccc(-c4cnc([C@@H]5CCCN5C(=O)[C@@H](NC(=O)OC)C(C)C)[nH]4)cc3)cc2)[nH]1. The third-order valence-electron chi connectivity index (χ3n) is 10.7. The molecule has 0 spiro atoms. The molecule has 2 fully saturated rings. The van der Waals surface area contributed by atoms with Crippen LogP contribution in [0.1, 0.15) is 69.7 Å². The molecule has 4 N–H and O–H groups in total. The molecule has 2 aromatic heterocycles. The third kappa shape index (κ3) is 9.11. The Hall–Kier alpha value is -6.19. The summed E-state index contributed by atoms with van der Waals surface area (Å²) in [7, 11) is 5.69. The van der Waals surface area contributed by atoms with Gasteiger partial charge in [-0.25, -0.2) is 19.6 Å². The van der Waals surface area contributed by atoms with Gasteiger partial charge in [-0.2, -0.15) is 0 Å². The Kier molecular flexibility index (Phi) is 12.6. The van der Waals surface area contributed by atoms with Crippen LogP contribution in [0.5, 0.6) is 0 Å². The minimum atomic E-state index is -1.07. The number of likely N-dealkylation sites (tertiary alicyclic amines) is 2. The first-order valence-electron chi connectivity index (χ1n) is 19.2. The van der Waals surface area contributed by atoms with Gasteiger partial charge in [0.25, 0.3) is 0 Å². The number of methoxy groups -OCH3 is 2. The number of ether oxygens (including phenoxy) is 2. The summed E-state index contributed by atoms with van der Waals surface area (Å²) in [5.41, 5.74) is 5.59. The molecule has 5 amide bonds. The number of nitrogens with zero attached hydrogens (tertiary/aromatic N) is 5. The van der Waals surface area contributed by atoms with Gasteiger partial charge in [0, 0.05) is 27.2 Å². The minimum absolute atomic E-state index is 0.114. The lowest BCUT2D eigenvalue weighted by Crippen LogP contribution is -2.51. The minimum Gasteiger partial charge on any atom is -0.453 e. The van der Waals surface area contributed by atoms with Crippen LogP contribution in [0.25, 0.3) is 33.6 Å². The van der Waals surface area contributed by atoms with Gasteiger partial charge in [0.05, 0.1) is 56.5 Å². The van der Waals surface area contributed by atoms with Crippen LogP contribution in [0.15, 0.2) is 60.9 Å². The number of aromatic amines is 2. The Bertz CT molecular complexity index is 2060.